The number of fused-ring (bicyclic) bond motifs is 6. The van der Waals surface area contributed by atoms with E-state index in [9.17, 15) is 9.59 Å². The van der Waals surface area contributed by atoms with Crippen LogP contribution in [-0.2, 0) is 24.5 Å². The molecule has 0 bridgehead atoms. The second-order valence-electron chi connectivity index (χ2n) is 14.9. The van der Waals surface area contributed by atoms with E-state index >= 15 is 0 Å². The number of hydrogen-bond donors (Lipinski definition) is 0. The Labute approximate surface area is 371 Å². The highest BCUT2D eigenvalue weighted by atomic mass is 32.1. The lowest BCUT2D eigenvalue weighted by molar-refractivity contribution is -0.139. The van der Waals surface area contributed by atoms with Crippen molar-refractivity contribution in [3.63, 3.8) is 0 Å². The number of hydrogen-bond acceptors (Lipinski definition) is 10. The van der Waals surface area contributed by atoms with Gasteiger partial charge in [0.05, 0.1) is 37.0 Å². The van der Waals surface area contributed by atoms with Crippen LogP contribution in [0.4, 0.5) is 0 Å². The molecule has 9 aromatic rings. The number of para-hydroxylation sites is 2. The van der Waals surface area contributed by atoms with Crippen LogP contribution in [0.2, 0.25) is 0 Å². The first kappa shape index (κ1) is 39.7. The van der Waals surface area contributed by atoms with Crippen LogP contribution >= 0.6 is 22.7 Å². The monoisotopic (exact) mass is 862 g/mol. The maximum absolute atomic E-state index is 11.9. The fourth-order valence-corrected chi connectivity index (χ4v) is 10.5. The molecule has 2 aromatic heterocycles. The second kappa shape index (κ2) is 16.8. The van der Waals surface area contributed by atoms with Crippen LogP contribution < -0.4 is 9.47 Å². The summed E-state index contributed by atoms with van der Waals surface area (Å²) < 4.78 is 25.5. The van der Waals surface area contributed by atoms with E-state index in [0.717, 1.165) is 97.9 Å². The Morgan fingerprint density at radius 2 is 1.00 bits per heavy atom. The van der Waals surface area contributed by atoms with Crippen molar-refractivity contribution in [2.24, 2.45) is 0 Å². The maximum atomic E-state index is 11.9. The smallest absolute Gasteiger partial charge is 0.330 e. The molecule has 0 fully saturated rings. The fraction of sp³-hybridized carbons (Fsp3) is 0.0943. The number of thiazole rings is 2. The molecule has 0 unspecified atom stereocenters. The van der Waals surface area contributed by atoms with Crippen molar-refractivity contribution >= 4 is 65.8 Å². The van der Waals surface area contributed by atoms with Crippen molar-refractivity contribution < 1.29 is 28.5 Å². The first-order valence-corrected chi connectivity index (χ1v) is 22.1. The molecule has 1 aliphatic rings. The molecule has 10 heteroatoms. The van der Waals surface area contributed by atoms with E-state index < -0.39 is 17.4 Å². The van der Waals surface area contributed by atoms with Gasteiger partial charge in [0.2, 0.25) is 0 Å². The topological polar surface area (TPSA) is 96.8 Å². The minimum atomic E-state index is -0.858. The second-order valence-corrected chi connectivity index (χ2v) is 16.9. The summed E-state index contributed by atoms with van der Waals surface area (Å²) in [5, 5.41) is 3.86. The van der Waals surface area contributed by atoms with Gasteiger partial charge in [0, 0.05) is 12.2 Å². The van der Waals surface area contributed by atoms with Crippen molar-refractivity contribution in [3.05, 3.63) is 193 Å². The molecule has 0 spiro atoms. The van der Waals surface area contributed by atoms with Gasteiger partial charge < -0.3 is 18.9 Å². The molecular weight excluding hydrogens is 825 g/mol. The Morgan fingerprint density at radius 3 is 1.54 bits per heavy atom. The Balaban J connectivity index is 1.22. The van der Waals surface area contributed by atoms with Crippen molar-refractivity contribution in [1.29, 1.82) is 0 Å². The van der Waals surface area contributed by atoms with Crippen LogP contribution in [-0.4, -0.2) is 48.3 Å². The van der Waals surface area contributed by atoms with Crippen molar-refractivity contribution in [3.8, 4) is 43.8 Å². The molecule has 8 nitrogen and oxygen atoms in total. The van der Waals surface area contributed by atoms with E-state index in [1.54, 1.807) is 22.7 Å². The quantitative estimate of drug-likeness (QED) is 0.0606. The van der Waals surface area contributed by atoms with Crippen molar-refractivity contribution in [2.75, 3.05) is 26.4 Å². The molecule has 0 saturated heterocycles. The molecule has 0 N–H and O–H groups in total. The van der Waals surface area contributed by atoms with Gasteiger partial charge in [-0.15, -0.1) is 22.7 Å². The van der Waals surface area contributed by atoms with Crippen LogP contribution in [0.15, 0.2) is 171 Å². The summed E-state index contributed by atoms with van der Waals surface area (Å²) in [5.41, 5.74) is 9.08. The molecule has 0 amide bonds. The van der Waals surface area contributed by atoms with Gasteiger partial charge in [-0.2, -0.15) is 0 Å². The zero-order valence-corrected chi connectivity index (χ0v) is 35.5. The van der Waals surface area contributed by atoms with E-state index in [0.29, 0.717) is 11.5 Å². The van der Waals surface area contributed by atoms with E-state index in [-0.39, 0.29) is 26.4 Å². The molecule has 63 heavy (non-hydrogen) atoms. The average Bonchev–Trinajstić information content (AvgIpc) is 4.04. The summed E-state index contributed by atoms with van der Waals surface area (Å²) in [5.74, 6) is 0.213. The molecule has 0 radical (unpaired) electrons. The Hall–Kier alpha value is -7.40. The standard InChI is InChI=1S/C53H38N2O6S2/c1-3-49(56)60-27-25-58-45-23-21-35(31-39(45)51-54-43-17-9-11-19-47(43)62-51)53(41-16-8-7-15-37(41)38-29-33-13-5-6-14-34(33)30-42(38)53)36-22-24-46(59-26-28-61-50(57)4-2)40(32-36)52-55-44-18-10-12-20-48(44)63-52/h3-24,29-32H,1-2,25-28H2. The molecule has 2 heterocycles. The van der Waals surface area contributed by atoms with E-state index in [2.05, 4.69) is 110 Å². The summed E-state index contributed by atoms with van der Waals surface area (Å²) >= 11 is 3.20. The number of esters is 2. The van der Waals surface area contributed by atoms with Gasteiger partial charge >= 0.3 is 11.9 Å². The van der Waals surface area contributed by atoms with E-state index in [4.69, 9.17) is 28.9 Å². The average molecular weight is 863 g/mol. The number of rotatable bonds is 14. The molecular formula is C53H38N2O6S2. The Kier molecular flexibility index (Phi) is 10.6. The number of aromatic nitrogens is 2. The summed E-state index contributed by atoms with van der Waals surface area (Å²) in [7, 11) is 0. The number of carbonyl (C=O) groups excluding carboxylic acids is 2. The summed E-state index contributed by atoms with van der Waals surface area (Å²) in [6.45, 7) is 7.42. The van der Waals surface area contributed by atoms with Crippen molar-refractivity contribution in [1.82, 2.24) is 9.97 Å². The van der Waals surface area contributed by atoms with Crippen molar-refractivity contribution in [2.45, 2.75) is 5.41 Å². The molecule has 0 aliphatic heterocycles. The zero-order valence-electron chi connectivity index (χ0n) is 33.9. The maximum Gasteiger partial charge on any atom is 0.330 e. The van der Waals surface area contributed by atoms with Gasteiger partial charge in [-0.25, -0.2) is 19.6 Å². The van der Waals surface area contributed by atoms with E-state index in [1.165, 1.54) is 0 Å². The lowest BCUT2D eigenvalue weighted by atomic mass is 9.67. The van der Waals surface area contributed by atoms with Crippen LogP contribution in [0, 0.1) is 0 Å². The normalized spacial score (nSPS) is 12.4. The van der Waals surface area contributed by atoms with Gasteiger partial charge in [-0.1, -0.05) is 98.1 Å². The van der Waals surface area contributed by atoms with Gasteiger partial charge in [0.1, 0.15) is 47.9 Å². The van der Waals surface area contributed by atoms with Crippen LogP contribution in [0.1, 0.15) is 22.3 Å². The predicted molar refractivity (Wildman–Crippen MR) is 252 cm³/mol. The lowest BCUT2D eigenvalue weighted by Crippen LogP contribution is -2.29. The molecule has 0 atom stereocenters. The molecule has 10 rings (SSSR count). The molecule has 308 valence electrons. The SMILES string of the molecule is C=CC(=O)OCCOc1ccc(C2(c3ccc(OCCOC(=O)C=C)c(-c4nc5ccccc5s4)c3)c3ccccc3-c3cc4ccccc4cc32)cc1-c1nc2ccccc2s1. The van der Waals surface area contributed by atoms with Crippen LogP contribution in [0.25, 0.3) is 63.5 Å². The summed E-state index contributed by atoms with van der Waals surface area (Å²) in [6.07, 6.45) is 2.28. The number of ether oxygens (including phenoxy) is 4. The lowest BCUT2D eigenvalue weighted by Gasteiger charge is -2.35. The predicted octanol–water partition coefficient (Wildman–Crippen LogP) is 12.0. The van der Waals surface area contributed by atoms with Gasteiger partial charge in [0.25, 0.3) is 0 Å². The fourth-order valence-electron chi connectivity index (χ4n) is 8.55. The minimum Gasteiger partial charge on any atom is -0.489 e. The molecule has 1 aliphatic carbocycles. The zero-order chi connectivity index (χ0) is 42.9. The summed E-state index contributed by atoms with van der Waals surface area (Å²) in [4.78, 5) is 34.1. The number of benzene rings is 7. The highest BCUT2D eigenvalue weighted by molar-refractivity contribution is 7.22. The number of nitrogens with zero attached hydrogens (tertiary/aromatic N) is 2. The van der Waals surface area contributed by atoms with Gasteiger partial charge in [0.15, 0.2) is 0 Å². The largest absolute Gasteiger partial charge is 0.489 e. The summed E-state index contributed by atoms with van der Waals surface area (Å²) in [6, 6.07) is 50.6. The first-order chi connectivity index (χ1) is 30.9. The minimum absolute atomic E-state index is 0.0588. The van der Waals surface area contributed by atoms with E-state index in [1.807, 2.05) is 48.5 Å². The molecule has 0 saturated carbocycles. The highest BCUT2D eigenvalue weighted by Gasteiger charge is 2.47. The third-order valence-electron chi connectivity index (χ3n) is 11.3. The van der Waals surface area contributed by atoms with Gasteiger partial charge in [-0.05, 0) is 105 Å². The highest BCUT2D eigenvalue weighted by Crippen LogP contribution is 2.58. The first-order valence-electron chi connectivity index (χ1n) is 20.4. The van der Waals surface area contributed by atoms with Gasteiger partial charge in [-0.3, -0.25) is 0 Å². The van der Waals surface area contributed by atoms with Crippen LogP contribution in [0.5, 0.6) is 11.5 Å². The third-order valence-corrected chi connectivity index (χ3v) is 13.4. The Bertz CT molecular complexity index is 3040. The molecule has 7 aromatic carbocycles. The Morgan fingerprint density at radius 1 is 0.508 bits per heavy atom. The third kappa shape index (κ3) is 7.22. The number of carbonyl (C=O) groups is 2. The van der Waals surface area contributed by atoms with Crippen LogP contribution in [0.3, 0.4) is 0 Å².